The molecule has 2 N–H and O–H groups in total. The molecule has 0 bridgehead atoms. The first-order valence-corrected chi connectivity index (χ1v) is 8.14. The Kier molecular flexibility index (Phi) is 6.48. The van der Waals surface area contributed by atoms with E-state index >= 15 is 0 Å². The molecule has 1 saturated heterocycles. The van der Waals surface area contributed by atoms with Gasteiger partial charge in [0.25, 0.3) is 5.91 Å². The maximum atomic E-state index is 12.8. The topological polar surface area (TPSA) is 96.5 Å². The Hall–Kier alpha value is -2.22. The molecule has 24 heavy (non-hydrogen) atoms. The third kappa shape index (κ3) is 4.19. The lowest BCUT2D eigenvalue weighted by atomic mass is 9.94. The first-order chi connectivity index (χ1) is 11.6. The molecule has 0 spiro atoms. The molecule has 8 nitrogen and oxygen atoms in total. The van der Waals surface area contributed by atoms with Gasteiger partial charge in [-0.1, -0.05) is 0 Å². The largest absolute Gasteiger partial charge is 0.386 e. The van der Waals surface area contributed by atoms with Gasteiger partial charge >= 0.3 is 0 Å². The number of nitrogens with zero attached hydrogens (tertiary/aromatic N) is 3. The summed E-state index contributed by atoms with van der Waals surface area (Å²) in [5, 5.41) is 5.53. The molecule has 1 aliphatic rings. The molecule has 2 rings (SSSR count). The number of hydrogen-bond donors (Lipinski definition) is 2. The van der Waals surface area contributed by atoms with Crippen LogP contribution in [0.2, 0.25) is 0 Å². The first-order valence-electron chi connectivity index (χ1n) is 8.14. The van der Waals surface area contributed by atoms with Crippen LogP contribution >= 0.6 is 0 Å². The average molecular weight is 335 g/mol. The fourth-order valence-corrected chi connectivity index (χ4v) is 2.99. The fraction of sp³-hybridized carbons (Fsp3) is 0.625. The van der Waals surface area contributed by atoms with E-state index in [-0.39, 0.29) is 29.8 Å². The van der Waals surface area contributed by atoms with Crippen molar-refractivity contribution in [3.05, 3.63) is 18.2 Å². The van der Waals surface area contributed by atoms with Crippen molar-refractivity contribution in [2.45, 2.75) is 37.8 Å². The van der Waals surface area contributed by atoms with Gasteiger partial charge in [-0.2, -0.15) is 0 Å². The minimum atomic E-state index is -0.221. The Morgan fingerprint density at radius 3 is 2.62 bits per heavy atom. The summed E-state index contributed by atoms with van der Waals surface area (Å²) in [6, 6.07) is -0.152. The second kappa shape index (κ2) is 8.58. The monoisotopic (exact) mass is 335 g/mol. The molecular weight excluding hydrogens is 310 g/mol. The molecule has 1 aromatic heterocycles. The van der Waals surface area contributed by atoms with Crippen molar-refractivity contribution >= 4 is 17.5 Å². The van der Waals surface area contributed by atoms with E-state index in [1.165, 1.54) is 0 Å². The maximum Gasteiger partial charge on any atom is 0.291 e. The quantitative estimate of drug-likeness (QED) is 0.793. The van der Waals surface area contributed by atoms with Gasteiger partial charge in [0, 0.05) is 34.2 Å². The number of amides is 2. The van der Waals surface area contributed by atoms with Gasteiger partial charge in [0.2, 0.25) is 11.7 Å². The number of ether oxygens (including phenoxy) is 1. The first kappa shape index (κ1) is 18.1. The molecule has 2 atom stereocenters. The highest BCUT2D eigenvalue weighted by atomic mass is 16.5. The maximum absolute atomic E-state index is 12.8. The van der Waals surface area contributed by atoms with Gasteiger partial charge in [-0.3, -0.25) is 9.59 Å². The molecule has 1 fully saturated rings. The van der Waals surface area contributed by atoms with Gasteiger partial charge < -0.3 is 20.3 Å². The Morgan fingerprint density at radius 1 is 1.33 bits per heavy atom. The molecular formula is C16H25N5O3. The van der Waals surface area contributed by atoms with Crippen LogP contribution < -0.4 is 10.6 Å². The zero-order valence-corrected chi connectivity index (χ0v) is 14.4. The zero-order valence-electron chi connectivity index (χ0n) is 14.4. The zero-order chi connectivity index (χ0) is 17.5. The van der Waals surface area contributed by atoms with Gasteiger partial charge in [-0.25, -0.2) is 9.97 Å². The van der Waals surface area contributed by atoms with Gasteiger partial charge in [0.05, 0.1) is 30.2 Å². The fourth-order valence-electron chi connectivity index (χ4n) is 2.99. The van der Waals surface area contributed by atoms with Crippen LogP contribution in [0.25, 0.3) is 0 Å². The van der Waals surface area contributed by atoms with Crippen LogP contribution in [-0.4, -0.2) is 66.6 Å². The number of nitrogens with one attached hydrogen (secondary N) is 2. The summed E-state index contributed by atoms with van der Waals surface area (Å²) in [5.74, 6) is -0.102. The normalized spacial score (nSPS) is 20.5. The number of carbonyl (C=O) groups excluding carboxylic acids is 2. The van der Waals surface area contributed by atoms with Crippen LogP contribution in [0.1, 0.15) is 36.3 Å². The Balaban J connectivity index is 2.15. The highest BCUT2D eigenvalue weighted by Gasteiger charge is 2.35. The average Bonchev–Trinajstić information content (AvgIpc) is 2.65. The van der Waals surface area contributed by atoms with Crippen LogP contribution in [0.5, 0.6) is 0 Å². The van der Waals surface area contributed by atoms with Crippen LogP contribution in [0, 0.1) is 0 Å². The lowest BCUT2D eigenvalue weighted by Crippen LogP contribution is -2.52. The van der Waals surface area contributed by atoms with E-state index in [9.17, 15) is 9.59 Å². The molecule has 1 aliphatic heterocycles. The lowest BCUT2D eigenvalue weighted by Gasteiger charge is -2.40. The molecule has 0 aromatic carbocycles. The number of anilines is 1. The van der Waals surface area contributed by atoms with Crippen molar-refractivity contribution in [3.63, 3.8) is 0 Å². The number of methoxy groups -OCH3 is 1. The molecule has 2 amide bonds. The lowest BCUT2D eigenvalue weighted by molar-refractivity contribution is -0.121. The summed E-state index contributed by atoms with van der Waals surface area (Å²) >= 11 is 0. The highest BCUT2D eigenvalue weighted by molar-refractivity contribution is 5.91. The molecule has 132 valence electrons. The van der Waals surface area contributed by atoms with E-state index in [4.69, 9.17) is 4.74 Å². The molecule has 0 aliphatic carbocycles. The number of piperidine rings is 1. The third-order valence-corrected chi connectivity index (χ3v) is 4.36. The number of aromatic nitrogens is 2. The highest BCUT2D eigenvalue weighted by Crippen LogP contribution is 2.25. The van der Waals surface area contributed by atoms with E-state index < -0.39 is 0 Å². The van der Waals surface area contributed by atoms with Crippen molar-refractivity contribution in [1.82, 2.24) is 20.2 Å². The number of hydrogen-bond acceptors (Lipinski definition) is 6. The van der Waals surface area contributed by atoms with Crippen LogP contribution in [0.3, 0.4) is 0 Å². The predicted molar refractivity (Wildman–Crippen MR) is 89.7 cm³/mol. The second-order valence-electron chi connectivity index (χ2n) is 5.74. The molecule has 0 radical (unpaired) electrons. The number of rotatable bonds is 6. The van der Waals surface area contributed by atoms with E-state index in [1.54, 1.807) is 38.5 Å². The summed E-state index contributed by atoms with van der Waals surface area (Å²) in [6.45, 7) is 0.619. The van der Waals surface area contributed by atoms with Crippen LogP contribution in [0.4, 0.5) is 5.69 Å². The molecule has 0 saturated carbocycles. The smallest absolute Gasteiger partial charge is 0.291 e. The Morgan fingerprint density at radius 2 is 2.04 bits per heavy atom. The van der Waals surface area contributed by atoms with E-state index in [1.807, 2.05) is 0 Å². The van der Waals surface area contributed by atoms with Crippen molar-refractivity contribution in [2.75, 3.05) is 33.1 Å². The van der Waals surface area contributed by atoms with Crippen molar-refractivity contribution in [1.29, 1.82) is 0 Å². The van der Waals surface area contributed by atoms with E-state index in [2.05, 4.69) is 20.6 Å². The summed E-state index contributed by atoms with van der Waals surface area (Å²) in [5.41, 5.74) is 0.746. The minimum absolute atomic E-state index is 0.0440. The Bertz CT molecular complexity index is 563. The third-order valence-electron chi connectivity index (χ3n) is 4.36. The van der Waals surface area contributed by atoms with Crippen molar-refractivity contribution in [3.8, 4) is 0 Å². The summed E-state index contributed by atoms with van der Waals surface area (Å²) in [6.07, 6.45) is 5.72. The van der Waals surface area contributed by atoms with Gasteiger partial charge in [-0.05, 0) is 19.3 Å². The summed E-state index contributed by atoms with van der Waals surface area (Å²) in [4.78, 5) is 34.4. The van der Waals surface area contributed by atoms with Crippen LogP contribution in [-0.2, 0) is 9.53 Å². The molecule has 1 aromatic rings. The van der Waals surface area contributed by atoms with E-state index in [0.717, 1.165) is 18.5 Å². The molecule has 0 unspecified atom stereocenters. The second-order valence-corrected chi connectivity index (χ2v) is 5.74. The van der Waals surface area contributed by atoms with Crippen molar-refractivity contribution < 1.29 is 14.3 Å². The molecule has 8 heteroatoms. The number of likely N-dealkylation sites (tertiary alicyclic amines) is 1. The van der Waals surface area contributed by atoms with Gasteiger partial charge in [-0.15, -0.1) is 0 Å². The minimum Gasteiger partial charge on any atom is -0.386 e. The van der Waals surface area contributed by atoms with E-state index in [0.29, 0.717) is 19.4 Å². The standard InChI is InChI=1S/C16H25N5O3/c1-17-11-9-19-15(20-10-11)16(23)21-8-4-5-13(24-3)12(21)6-7-14(22)18-2/h9-10,12-13,17H,4-8H2,1-3H3,(H,18,22)/t12-,13-/m0/s1. The van der Waals surface area contributed by atoms with Crippen molar-refractivity contribution in [2.24, 2.45) is 0 Å². The SMILES string of the molecule is CNC(=O)CC[C@H]1[C@@H](OC)CCCN1C(=O)c1ncc(NC)cn1. The number of carbonyl (C=O) groups is 2. The van der Waals surface area contributed by atoms with Gasteiger partial charge in [0.1, 0.15) is 0 Å². The Labute approximate surface area is 142 Å². The predicted octanol–water partition coefficient (Wildman–Crippen LogP) is 0.664. The van der Waals surface area contributed by atoms with Gasteiger partial charge in [0.15, 0.2) is 0 Å². The summed E-state index contributed by atoms with van der Waals surface area (Å²) < 4.78 is 5.55. The molecule has 2 heterocycles. The van der Waals surface area contributed by atoms with Crippen LogP contribution in [0.15, 0.2) is 12.4 Å². The summed E-state index contributed by atoms with van der Waals surface area (Å²) in [7, 11) is 5.02.